The molecule has 0 radical (unpaired) electrons. The van der Waals surface area contributed by atoms with Crippen LogP contribution in [0.15, 0.2) is 29.1 Å². The molecule has 0 aromatic carbocycles. The Bertz CT molecular complexity index is 780. The zero-order valence-electron chi connectivity index (χ0n) is 11.4. The highest BCUT2D eigenvalue weighted by Gasteiger charge is 2.15. The Morgan fingerprint density at radius 1 is 1.29 bits per heavy atom. The number of aromatic carboxylic acids is 1. The lowest BCUT2D eigenvalue weighted by Gasteiger charge is -2.07. The molecule has 0 fully saturated rings. The van der Waals surface area contributed by atoms with Gasteiger partial charge in [0.25, 0.3) is 11.5 Å². The number of anilines is 1. The number of nitrogens with zero attached hydrogens (tertiary/aromatic N) is 1. The summed E-state index contributed by atoms with van der Waals surface area (Å²) in [5.41, 5.74) is 0.466. The number of carbonyl (C=O) groups is 2. The van der Waals surface area contributed by atoms with Crippen molar-refractivity contribution < 1.29 is 14.7 Å². The van der Waals surface area contributed by atoms with Crippen LogP contribution in [0.1, 0.15) is 32.1 Å². The van der Waals surface area contributed by atoms with Crippen molar-refractivity contribution in [3.63, 3.8) is 0 Å². The number of carbonyl (C=O) groups excluding carboxylic acids is 1. The van der Waals surface area contributed by atoms with E-state index in [-0.39, 0.29) is 17.1 Å². The van der Waals surface area contributed by atoms with Crippen LogP contribution < -0.4 is 10.9 Å². The number of hydrogen-bond acceptors (Lipinski definition) is 4. The third-order valence-electron chi connectivity index (χ3n) is 2.80. The molecule has 2 aromatic heterocycles. The van der Waals surface area contributed by atoms with E-state index in [0.717, 1.165) is 0 Å². The smallest absolute Gasteiger partial charge is 0.354 e. The first-order chi connectivity index (χ1) is 9.88. The number of carboxylic acids is 1. The van der Waals surface area contributed by atoms with Gasteiger partial charge >= 0.3 is 5.97 Å². The van der Waals surface area contributed by atoms with E-state index in [1.165, 1.54) is 18.2 Å². The SMILES string of the molecule is Cc1cc(C)c(C(=O)Nc2cccc(C(=O)O)n2)c(=O)[nH]1. The molecule has 0 unspecified atom stereocenters. The molecule has 0 spiro atoms. The van der Waals surface area contributed by atoms with E-state index in [4.69, 9.17) is 5.11 Å². The van der Waals surface area contributed by atoms with Crippen LogP contribution >= 0.6 is 0 Å². The second kappa shape index (κ2) is 5.58. The molecular weight excluding hydrogens is 274 g/mol. The van der Waals surface area contributed by atoms with Gasteiger partial charge in [-0.2, -0.15) is 0 Å². The molecule has 2 heterocycles. The van der Waals surface area contributed by atoms with E-state index in [1.807, 2.05) is 0 Å². The lowest BCUT2D eigenvalue weighted by molar-refractivity contribution is 0.0690. The standard InChI is InChI=1S/C14H13N3O4/c1-7-6-8(2)15-12(18)11(7)13(19)17-10-5-3-4-9(16-10)14(20)21/h3-6H,1-2H3,(H,15,18)(H,20,21)(H,16,17,19). The third kappa shape index (κ3) is 3.14. The number of rotatable bonds is 3. The van der Waals surface area contributed by atoms with Gasteiger partial charge in [-0.3, -0.25) is 9.59 Å². The molecule has 3 N–H and O–H groups in total. The van der Waals surface area contributed by atoms with Crippen molar-refractivity contribution in [2.45, 2.75) is 13.8 Å². The molecule has 2 rings (SSSR count). The van der Waals surface area contributed by atoms with Crippen LogP contribution in [0.25, 0.3) is 0 Å². The number of H-pyrrole nitrogens is 1. The van der Waals surface area contributed by atoms with Crippen LogP contribution in [-0.2, 0) is 0 Å². The van der Waals surface area contributed by atoms with E-state index in [9.17, 15) is 14.4 Å². The molecule has 7 nitrogen and oxygen atoms in total. The molecule has 2 aromatic rings. The maximum absolute atomic E-state index is 12.1. The summed E-state index contributed by atoms with van der Waals surface area (Å²) in [6, 6.07) is 5.89. The van der Waals surface area contributed by atoms with Crippen molar-refractivity contribution in [3.8, 4) is 0 Å². The summed E-state index contributed by atoms with van der Waals surface area (Å²) in [6.45, 7) is 3.37. The molecule has 0 aliphatic rings. The van der Waals surface area contributed by atoms with Gasteiger partial charge in [-0.1, -0.05) is 6.07 Å². The van der Waals surface area contributed by atoms with Gasteiger partial charge in [0.2, 0.25) is 0 Å². The second-order valence-corrected chi connectivity index (χ2v) is 4.51. The van der Waals surface area contributed by atoms with Crippen molar-refractivity contribution in [3.05, 3.63) is 57.1 Å². The fraction of sp³-hybridized carbons (Fsp3) is 0.143. The highest BCUT2D eigenvalue weighted by Crippen LogP contribution is 2.09. The maximum Gasteiger partial charge on any atom is 0.354 e. The summed E-state index contributed by atoms with van der Waals surface area (Å²) in [7, 11) is 0. The Hall–Kier alpha value is -2.96. The minimum Gasteiger partial charge on any atom is -0.477 e. The first-order valence-electron chi connectivity index (χ1n) is 6.10. The number of aromatic amines is 1. The summed E-state index contributed by atoms with van der Waals surface area (Å²) < 4.78 is 0. The normalized spacial score (nSPS) is 10.2. The van der Waals surface area contributed by atoms with Gasteiger partial charge in [-0.25, -0.2) is 9.78 Å². The molecule has 0 bridgehead atoms. The Kier molecular flexibility index (Phi) is 3.84. The first-order valence-corrected chi connectivity index (χ1v) is 6.10. The van der Waals surface area contributed by atoms with Crippen molar-refractivity contribution in [2.24, 2.45) is 0 Å². The molecule has 0 aliphatic heterocycles. The molecule has 0 saturated carbocycles. The van der Waals surface area contributed by atoms with Crippen molar-refractivity contribution >= 4 is 17.7 Å². The molecule has 0 saturated heterocycles. The topological polar surface area (TPSA) is 112 Å². The summed E-state index contributed by atoms with van der Waals surface area (Å²) in [4.78, 5) is 41.1. The van der Waals surface area contributed by atoms with Gasteiger partial charge < -0.3 is 15.4 Å². The number of aryl methyl sites for hydroxylation is 2. The van der Waals surface area contributed by atoms with E-state index in [1.54, 1.807) is 19.9 Å². The van der Waals surface area contributed by atoms with Crippen molar-refractivity contribution in [1.82, 2.24) is 9.97 Å². The second-order valence-electron chi connectivity index (χ2n) is 4.51. The Morgan fingerprint density at radius 2 is 2.00 bits per heavy atom. The van der Waals surface area contributed by atoms with E-state index >= 15 is 0 Å². The molecule has 0 aliphatic carbocycles. The fourth-order valence-corrected chi connectivity index (χ4v) is 1.94. The van der Waals surface area contributed by atoms with Crippen LogP contribution in [-0.4, -0.2) is 27.0 Å². The molecule has 7 heteroatoms. The first kappa shape index (κ1) is 14.4. The quantitative estimate of drug-likeness (QED) is 0.788. The summed E-state index contributed by atoms with van der Waals surface area (Å²) in [6.07, 6.45) is 0. The zero-order valence-corrected chi connectivity index (χ0v) is 11.4. The van der Waals surface area contributed by atoms with Gasteiger partial charge in [-0.05, 0) is 37.6 Å². The lowest BCUT2D eigenvalue weighted by Crippen LogP contribution is -2.25. The highest BCUT2D eigenvalue weighted by molar-refractivity contribution is 6.04. The maximum atomic E-state index is 12.1. The summed E-state index contributed by atoms with van der Waals surface area (Å²) in [5, 5.41) is 11.3. The predicted molar refractivity (Wildman–Crippen MR) is 75.7 cm³/mol. The molecule has 21 heavy (non-hydrogen) atoms. The number of carboxylic acid groups (broad SMARTS) is 1. The average molecular weight is 287 g/mol. The monoisotopic (exact) mass is 287 g/mol. The minimum atomic E-state index is -1.20. The van der Waals surface area contributed by atoms with Gasteiger partial charge in [0.1, 0.15) is 11.4 Å². The van der Waals surface area contributed by atoms with E-state index in [0.29, 0.717) is 11.3 Å². The van der Waals surface area contributed by atoms with Crippen molar-refractivity contribution in [2.75, 3.05) is 5.32 Å². The molecule has 108 valence electrons. The molecule has 1 amide bonds. The fourth-order valence-electron chi connectivity index (χ4n) is 1.94. The van der Waals surface area contributed by atoms with Crippen LogP contribution in [0.4, 0.5) is 5.82 Å². The largest absolute Gasteiger partial charge is 0.477 e. The zero-order chi connectivity index (χ0) is 15.6. The Labute approximate surface area is 119 Å². The summed E-state index contributed by atoms with van der Waals surface area (Å²) >= 11 is 0. The average Bonchev–Trinajstić information content (AvgIpc) is 2.37. The number of hydrogen-bond donors (Lipinski definition) is 3. The van der Waals surface area contributed by atoms with E-state index in [2.05, 4.69) is 15.3 Å². The number of pyridine rings is 2. The Balaban J connectivity index is 2.33. The van der Waals surface area contributed by atoms with Gasteiger partial charge in [-0.15, -0.1) is 0 Å². The third-order valence-corrected chi connectivity index (χ3v) is 2.80. The van der Waals surface area contributed by atoms with Crippen LogP contribution in [0.2, 0.25) is 0 Å². The van der Waals surface area contributed by atoms with E-state index < -0.39 is 17.4 Å². The van der Waals surface area contributed by atoms with Gasteiger partial charge in [0.15, 0.2) is 5.69 Å². The van der Waals surface area contributed by atoms with Crippen LogP contribution in [0.5, 0.6) is 0 Å². The summed E-state index contributed by atoms with van der Waals surface area (Å²) in [5.74, 6) is -1.77. The minimum absolute atomic E-state index is 0.0249. The molecule has 0 atom stereocenters. The van der Waals surface area contributed by atoms with Gasteiger partial charge in [0, 0.05) is 5.69 Å². The molecular formula is C14H13N3O4. The lowest BCUT2D eigenvalue weighted by atomic mass is 10.1. The van der Waals surface area contributed by atoms with Gasteiger partial charge in [0.05, 0.1) is 0 Å². The van der Waals surface area contributed by atoms with Crippen LogP contribution in [0, 0.1) is 13.8 Å². The Morgan fingerprint density at radius 3 is 2.62 bits per heavy atom. The number of amides is 1. The van der Waals surface area contributed by atoms with Crippen molar-refractivity contribution in [1.29, 1.82) is 0 Å². The number of nitrogens with one attached hydrogen (secondary N) is 2. The van der Waals surface area contributed by atoms with Crippen LogP contribution in [0.3, 0.4) is 0 Å². The number of aromatic nitrogens is 2. The predicted octanol–water partition coefficient (Wildman–Crippen LogP) is 1.34. The highest BCUT2D eigenvalue weighted by atomic mass is 16.4.